The molecule has 0 unspecified atom stereocenters. The molecule has 0 heterocycles. The minimum absolute atomic E-state index is 0.153. The molecule has 74 valence electrons. The molecule has 0 aromatic rings. The quantitative estimate of drug-likeness (QED) is 0.565. The lowest BCUT2D eigenvalue weighted by atomic mass is 10.3. The highest BCUT2D eigenvalue weighted by Gasteiger charge is 2.16. The van der Waals surface area contributed by atoms with E-state index >= 15 is 0 Å². The predicted molar refractivity (Wildman–Crippen MR) is 43.7 cm³/mol. The molecular weight excluding hydrogens is 176 g/mol. The minimum atomic E-state index is -1.16. The van der Waals surface area contributed by atoms with Crippen molar-refractivity contribution < 1.29 is 19.5 Å². The fraction of sp³-hybridized carbons (Fsp3) is 0.571. The van der Waals surface area contributed by atoms with Crippen LogP contribution in [0.5, 0.6) is 0 Å². The van der Waals surface area contributed by atoms with Crippen LogP contribution in [0.15, 0.2) is 0 Å². The molecule has 0 radical (unpaired) electrons. The van der Waals surface area contributed by atoms with E-state index in [4.69, 9.17) is 10.8 Å². The molecule has 0 aliphatic rings. The molecule has 0 fully saturated rings. The van der Waals surface area contributed by atoms with Gasteiger partial charge in [0.15, 0.2) is 0 Å². The Bertz CT molecular complexity index is 211. The van der Waals surface area contributed by atoms with E-state index in [-0.39, 0.29) is 13.0 Å². The van der Waals surface area contributed by atoms with Gasteiger partial charge in [0, 0.05) is 6.42 Å². The van der Waals surface area contributed by atoms with Crippen molar-refractivity contribution in [3.8, 4) is 0 Å². The number of amides is 2. The van der Waals surface area contributed by atoms with Gasteiger partial charge in [-0.1, -0.05) is 6.92 Å². The van der Waals surface area contributed by atoms with E-state index < -0.39 is 24.3 Å². The van der Waals surface area contributed by atoms with Crippen LogP contribution in [0.25, 0.3) is 0 Å². The molecule has 6 heteroatoms. The third kappa shape index (κ3) is 4.78. The maximum absolute atomic E-state index is 11.0. The first kappa shape index (κ1) is 11.4. The van der Waals surface area contributed by atoms with Crippen molar-refractivity contribution >= 4 is 17.8 Å². The molecule has 0 atom stereocenters. The van der Waals surface area contributed by atoms with E-state index in [1.54, 1.807) is 6.92 Å². The fourth-order valence-corrected chi connectivity index (χ4v) is 0.807. The first-order chi connectivity index (χ1) is 5.97. The molecule has 13 heavy (non-hydrogen) atoms. The van der Waals surface area contributed by atoms with Gasteiger partial charge in [0.2, 0.25) is 11.8 Å². The highest BCUT2D eigenvalue weighted by Crippen LogP contribution is 1.93. The van der Waals surface area contributed by atoms with Gasteiger partial charge in [-0.15, -0.1) is 0 Å². The lowest BCUT2D eigenvalue weighted by Gasteiger charge is -2.17. The number of carbonyl (C=O) groups excluding carboxylic acids is 2. The Morgan fingerprint density at radius 3 is 2.15 bits per heavy atom. The van der Waals surface area contributed by atoms with Crippen LogP contribution in [0, 0.1) is 0 Å². The van der Waals surface area contributed by atoms with Gasteiger partial charge in [0.1, 0.15) is 6.54 Å². The summed E-state index contributed by atoms with van der Waals surface area (Å²) in [5.74, 6) is -2.28. The van der Waals surface area contributed by atoms with Crippen LogP contribution in [-0.2, 0) is 14.4 Å². The minimum Gasteiger partial charge on any atom is -0.480 e. The third-order valence-electron chi connectivity index (χ3n) is 1.33. The van der Waals surface area contributed by atoms with E-state index in [0.29, 0.717) is 0 Å². The van der Waals surface area contributed by atoms with Crippen molar-refractivity contribution in [3.05, 3.63) is 0 Å². The van der Waals surface area contributed by atoms with Crippen LogP contribution >= 0.6 is 0 Å². The van der Waals surface area contributed by atoms with Crippen LogP contribution in [0.1, 0.15) is 13.3 Å². The topological polar surface area (TPSA) is 101 Å². The molecule has 3 N–H and O–H groups in total. The summed E-state index contributed by atoms with van der Waals surface area (Å²) in [5.41, 5.74) is 4.84. The van der Waals surface area contributed by atoms with Crippen molar-refractivity contribution in [2.75, 3.05) is 13.1 Å². The van der Waals surface area contributed by atoms with E-state index in [2.05, 4.69) is 0 Å². The first-order valence-electron chi connectivity index (χ1n) is 3.75. The van der Waals surface area contributed by atoms with E-state index in [9.17, 15) is 14.4 Å². The molecule has 0 spiro atoms. The van der Waals surface area contributed by atoms with Gasteiger partial charge in [0.25, 0.3) is 0 Å². The summed E-state index contributed by atoms with van der Waals surface area (Å²) in [4.78, 5) is 32.7. The second-order valence-electron chi connectivity index (χ2n) is 2.46. The van der Waals surface area contributed by atoms with Crippen LogP contribution in [0.4, 0.5) is 0 Å². The van der Waals surface area contributed by atoms with Crippen molar-refractivity contribution in [3.63, 3.8) is 0 Å². The lowest BCUT2D eigenvalue weighted by molar-refractivity contribution is -0.145. The summed E-state index contributed by atoms with van der Waals surface area (Å²) < 4.78 is 0. The lowest BCUT2D eigenvalue weighted by Crippen LogP contribution is -2.41. The zero-order valence-electron chi connectivity index (χ0n) is 7.32. The van der Waals surface area contributed by atoms with Crippen LogP contribution in [-0.4, -0.2) is 40.9 Å². The molecule has 0 bridgehead atoms. The van der Waals surface area contributed by atoms with Crippen LogP contribution in [0.3, 0.4) is 0 Å². The van der Waals surface area contributed by atoms with Gasteiger partial charge < -0.3 is 15.7 Å². The fourth-order valence-electron chi connectivity index (χ4n) is 0.807. The number of hydrogen-bond donors (Lipinski definition) is 2. The Hall–Kier alpha value is -1.59. The van der Waals surface area contributed by atoms with Crippen molar-refractivity contribution in [1.29, 1.82) is 0 Å². The molecule has 0 aromatic heterocycles. The molecule has 0 aromatic carbocycles. The standard InChI is InChI=1S/C7H12N2O4/c1-2-6(11)9(3-5(8)10)4-7(12)13/h2-4H2,1H3,(H2,8,10)(H,12,13). The molecule has 0 aliphatic heterocycles. The van der Waals surface area contributed by atoms with Gasteiger partial charge in [0.05, 0.1) is 6.54 Å². The second-order valence-corrected chi connectivity index (χ2v) is 2.46. The molecule has 0 rings (SSSR count). The first-order valence-corrected chi connectivity index (χ1v) is 3.75. The third-order valence-corrected chi connectivity index (χ3v) is 1.33. The molecule has 0 saturated carbocycles. The number of nitrogens with zero attached hydrogens (tertiary/aromatic N) is 1. The number of carboxylic acids is 1. The van der Waals surface area contributed by atoms with Crippen LogP contribution in [0.2, 0.25) is 0 Å². The number of carboxylic acid groups (broad SMARTS) is 1. The van der Waals surface area contributed by atoms with Gasteiger partial charge in [-0.05, 0) is 0 Å². The normalized spacial score (nSPS) is 9.31. The van der Waals surface area contributed by atoms with E-state index in [0.717, 1.165) is 4.90 Å². The molecule has 0 aliphatic carbocycles. The number of hydrogen-bond acceptors (Lipinski definition) is 3. The maximum atomic E-state index is 11.0. The Balaban J connectivity index is 4.26. The molecule has 2 amide bonds. The van der Waals surface area contributed by atoms with E-state index in [1.807, 2.05) is 0 Å². The van der Waals surface area contributed by atoms with Gasteiger partial charge >= 0.3 is 5.97 Å². The van der Waals surface area contributed by atoms with Crippen LogP contribution < -0.4 is 5.73 Å². The molecule has 6 nitrogen and oxygen atoms in total. The summed E-state index contributed by atoms with van der Waals surface area (Å²) in [6.07, 6.45) is 0.153. The summed E-state index contributed by atoms with van der Waals surface area (Å²) in [7, 11) is 0. The Labute approximate surface area is 75.3 Å². The number of aliphatic carboxylic acids is 1. The smallest absolute Gasteiger partial charge is 0.323 e. The maximum Gasteiger partial charge on any atom is 0.323 e. The Kier molecular flexibility index (Phi) is 4.50. The second kappa shape index (κ2) is 5.13. The number of primary amides is 1. The highest BCUT2D eigenvalue weighted by molar-refractivity contribution is 5.86. The van der Waals surface area contributed by atoms with Gasteiger partial charge in [-0.25, -0.2) is 0 Å². The summed E-state index contributed by atoms with van der Waals surface area (Å²) in [5, 5.41) is 8.40. The Morgan fingerprint density at radius 2 is 1.85 bits per heavy atom. The van der Waals surface area contributed by atoms with Gasteiger partial charge in [-0.3, -0.25) is 14.4 Å². The SMILES string of the molecule is CCC(=O)N(CC(N)=O)CC(=O)O. The molecular formula is C7H12N2O4. The predicted octanol–water partition coefficient (Wildman–Crippen LogP) is -1.21. The van der Waals surface area contributed by atoms with Crippen molar-refractivity contribution in [2.24, 2.45) is 5.73 Å². The van der Waals surface area contributed by atoms with Gasteiger partial charge in [-0.2, -0.15) is 0 Å². The molecule has 0 saturated heterocycles. The average Bonchev–Trinajstić information content (AvgIpc) is 2.00. The summed E-state index contributed by atoms with van der Waals surface area (Å²) >= 11 is 0. The number of carbonyl (C=O) groups is 3. The number of rotatable bonds is 5. The highest BCUT2D eigenvalue weighted by atomic mass is 16.4. The number of nitrogens with two attached hydrogens (primary N) is 1. The average molecular weight is 188 g/mol. The van der Waals surface area contributed by atoms with Crippen molar-refractivity contribution in [1.82, 2.24) is 4.90 Å². The summed E-state index contributed by atoms with van der Waals surface area (Å²) in [6, 6.07) is 0. The van der Waals surface area contributed by atoms with Crippen molar-refractivity contribution in [2.45, 2.75) is 13.3 Å². The monoisotopic (exact) mass is 188 g/mol. The zero-order valence-corrected chi connectivity index (χ0v) is 7.32. The summed E-state index contributed by atoms with van der Waals surface area (Å²) in [6.45, 7) is 0.743. The van der Waals surface area contributed by atoms with E-state index in [1.165, 1.54) is 0 Å². The Morgan fingerprint density at radius 1 is 1.31 bits per heavy atom. The largest absolute Gasteiger partial charge is 0.480 e. The zero-order chi connectivity index (χ0) is 10.4.